The van der Waals surface area contributed by atoms with Crippen molar-refractivity contribution in [3.8, 4) is 11.1 Å². The van der Waals surface area contributed by atoms with Crippen LogP contribution in [0.2, 0.25) is 0 Å². The number of carbonyl (C=O) groups excluding carboxylic acids is 2. The third-order valence-corrected chi connectivity index (χ3v) is 5.70. The van der Waals surface area contributed by atoms with Crippen LogP contribution in [0.4, 0.5) is 10.5 Å². The van der Waals surface area contributed by atoms with Crippen molar-refractivity contribution < 1.29 is 29.2 Å². The van der Waals surface area contributed by atoms with Crippen molar-refractivity contribution in [2.45, 2.75) is 18.4 Å². The van der Waals surface area contributed by atoms with E-state index in [2.05, 4.69) is 5.32 Å². The summed E-state index contributed by atoms with van der Waals surface area (Å²) < 4.78 is 5.34. The fourth-order valence-corrected chi connectivity index (χ4v) is 4.08. The maximum atomic E-state index is 12.5. The first kappa shape index (κ1) is 22.7. The molecule has 0 bridgehead atoms. The number of hydrogen-bond donors (Lipinski definition) is 2. The number of nitro benzene ring substituents is 1. The molecule has 9 nitrogen and oxygen atoms in total. The number of carbonyl (C=O) groups is 3. The van der Waals surface area contributed by atoms with Gasteiger partial charge in [-0.15, -0.1) is 0 Å². The lowest BCUT2D eigenvalue weighted by Gasteiger charge is -2.17. The minimum Gasteiger partial charge on any atom is -0.480 e. The van der Waals surface area contributed by atoms with Crippen LogP contribution in [-0.4, -0.2) is 40.5 Å². The van der Waals surface area contributed by atoms with Crippen LogP contribution < -0.4 is 5.32 Å². The number of Topliss-reactive ketones (excluding diaryl/α,β-unsaturated/α-hetero) is 1. The van der Waals surface area contributed by atoms with Crippen LogP contribution in [0.5, 0.6) is 0 Å². The molecule has 4 rings (SSSR count). The van der Waals surface area contributed by atoms with Crippen LogP contribution in [0.3, 0.4) is 0 Å². The van der Waals surface area contributed by atoms with E-state index in [0.717, 1.165) is 28.3 Å². The van der Waals surface area contributed by atoms with Gasteiger partial charge in [-0.2, -0.15) is 0 Å². The Balaban J connectivity index is 1.41. The van der Waals surface area contributed by atoms with Gasteiger partial charge < -0.3 is 15.2 Å². The Morgan fingerprint density at radius 3 is 2.18 bits per heavy atom. The quantitative estimate of drug-likeness (QED) is 0.293. The Hall–Kier alpha value is -4.53. The second-order valence-electron chi connectivity index (χ2n) is 7.80. The predicted octanol–water partition coefficient (Wildman–Crippen LogP) is 4.16. The summed E-state index contributed by atoms with van der Waals surface area (Å²) in [6.07, 6.45) is -1.55. The maximum Gasteiger partial charge on any atom is 0.407 e. The second kappa shape index (κ2) is 9.53. The average Bonchev–Trinajstić information content (AvgIpc) is 3.16. The van der Waals surface area contributed by atoms with Gasteiger partial charge in [0.25, 0.3) is 5.69 Å². The molecule has 1 unspecified atom stereocenters. The Morgan fingerprint density at radius 2 is 1.59 bits per heavy atom. The van der Waals surface area contributed by atoms with Gasteiger partial charge in [0, 0.05) is 30.0 Å². The van der Waals surface area contributed by atoms with Gasteiger partial charge in [0.2, 0.25) is 0 Å². The number of carboxylic acid groups (broad SMARTS) is 1. The molecule has 1 atom stereocenters. The molecule has 1 aliphatic rings. The van der Waals surface area contributed by atoms with Crippen LogP contribution in [0.1, 0.15) is 33.8 Å². The summed E-state index contributed by atoms with van der Waals surface area (Å²) in [5, 5.41) is 22.6. The molecule has 3 aromatic rings. The monoisotopic (exact) mass is 460 g/mol. The lowest BCUT2D eigenvalue weighted by atomic mass is 9.98. The van der Waals surface area contributed by atoms with E-state index >= 15 is 0 Å². The molecule has 0 saturated heterocycles. The van der Waals surface area contributed by atoms with Crippen LogP contribution in [0, 0.1) is 10.1 Å². The number of nitrogens with zero attached hydrogens (tertiary/aromatic N) is 1. The molecule has 0 spiro atoms. The largest absolute Gasteiger partial charge is 0.480 e. The van der Waals surface area contributed by atoms with E-state index in [4.69, 9.17) is 4.74 Å². The fourth-order valence-electron chi connectivity index (χ4n) is 4.08. The first-order valence-electron chi connectivity index (χ1n) is 10.5. The number of alkyl carbamates (subject to hydrolysis) is 1. The molecule has 1 amide bonds. The zero-order valence-electron chi connectivity index (χ0n) is 17.8. The molecule has 172 valence electrons. The summed E-state index contributed by atoms with van der Waals surface area (Å²) in [5.74, 6) is -2.28. The molecule has 1 aliphatic carbocycles. The molecule has 0 heterocycles. The molecular weight excluding hydrogens is 440 g/mol. The van der Waals surface area contributed by atoms with Gasteiger partial charge in [0.15, 0.2) is 5.78 Å². The fraction of sp³-hybridized carbons (Fsp3) is 0.160. The Labute approximate surface area is 194 Å². The number of amides is 1. The number of ketones is 1. The van der Waals surface area contributed by atoms with E-state index in [0.29, 0.717) is 0 Å². The SMILES string of the molecule is O=C(NC(CC(=O)c1cccc([N+](=O)[O-])c1)C(=O)O)OCC1c2ccccc2-c2ccccc21. The molecule has 0 aliphatic heterocycles. The van der Waals surface area contributed by atoms with Crippen molar-refractivity contribution >= 4 is 23.5 Å². The number of nitro groups is 1. The van der Waals surface area contributed by atoms with Crippen molar-refractivity contribution in [3.63, 3.8) is 0 Å². The molecule has 0 radical (unpaired) electrons. The van der Waals surface area contributed by atoms with Gasteiger partial charge in [-0.05, 0) is 22.3 Å². The topological polar surface area (TPSA) is 136 Å². The Morgan fingerprint density at radius 1 is 0.971 bits per heavy atom. The smallest absolute Gasteiger partial charge is 0.407 e. The minimum absolute atomic E-state index is 0.00890. The summed E-state index contributed by atoms with van der Waals surface area (Å²) >= 11 is 0. The van der Waals surface area contributed by atoms with Crippen molar-refractivity contribution in [1.29, 1.82) is 0 Å². The summed E-state index contributed by atoms with van der Waals surface area (Å²) in [6.45, 7) is -0.00890. The standard InChI is InChI=1S/C25H20N2O7/c28-23(15-6-5-7-16(12-15)27(32)33)13-22(24(29)30)26-25(31)34-14-21-19-10-3-1-8-17(19)18-9-2-4-11-20(18)21/h1-12,21-22H,13-14H2,(H,26,31)(H,29,30). The van der Waals surface area contributed by atoms with Crippen molar-refractivity contribution in [2.75, 3.05) is 6.61 Å². The number of rotatable bonds is 8. The first-order chi connectivity index (χ1) is 16.3. The lowest BCUT2D eigenvalue weighted by molar-refractivity contribution is -0.384. The zero-order valence-corrected chi connectivity index (χ0v) is 17.8. The summed E-state index contributed by atoms with van der Waals surface area (Å²) in [4.78, 5) is 46.8. The normalized spacial score (nSPS) is 12.8. The highest BCUT2D eigenvalue weighted by Crippen LogP contribution is 2.44. The van der Waals surface area contributed by atoms with Gasteiger partial charge in [-0.3, -0.25) is 14.9 Å². The molecule has 0 fully saturated rings. The highest BCUT2D eigenvalue weighted by Gasteiger charge is 2.30. The van der Waals surface area contributed by atoms with E-state index in [1.54, 1.807) is 0 Å². The number of nitrogens with one attached hydrogen (secondary N) is 1. The molecular formula is C25H20N2O7. The molecule has 9 heteroatoms. The van der Waals surface area contributed by atoms with Gasteiger partial charge in [0.05, 0.1) is 4.92 Å². The number of ether oxygens (including phenoxy) is 1. The summed E-state index contributed by atoms with van der Waals surface area (Å²) in [7, 11) is 0. The number of non-ortho nitro benzene ring substituents is 1. The highest BCUT2D eigenvalue weighted by molar-refractivity contribution is 5.99. The van der Waals surface area contributed by atoms with Crippen molar-refractivity contribution in [1.82, 2.24) is 5.32 Å². The van der Waals surface area contributed by atoms with Gasteiger partial charge >= 0.3 is 12.1 Å². The van der Waals surface area contributed by atoms with Gasteiger partial charge in [0.1, 0.15) is 12.6 Å². The van der Waals surface area contributed by atoms with E-state index in [1.807, 2.05) is 48.5 Å². The van der Waals surface area contributed by atoms with Gasteiger partial charge in [-0.1, -0.05) is 60.7 Å². The maximum absolute atomic E-state index is 12.5. The number of benzene rings is 3. The van der Waals surface area contributed by atoms with E-state index in [-0.39, 0.29) is 23.8 Å². The predicted molar refractivity (Wildman–Crippen MR) is 122 cm³/mol. The third kappa shape index (κ3) is 4.63. The molecule has 2 N–H and O–H groups in total. The van der Waals surface area contributed by atoms with E-state index < -0.39 is 35.2 Å². The minimum atomic E-state index is -1.55. The highest BCUT2D eigenvalue weighted by atomic mass is 16.6. The van der Waals surface area contributed by atoms with Crippen LogP contribution in [0.25, 0.3) is 11.1 Å². The molecule has 34 heavy (non-hydrogen) atoms. The first-order valence-corrected chi connectivity index (χ1v) is 10.5. The third-order valence-electron chi connectivity index (χ3n) is 5.70. The number of fused-ring (bicyclic) bond motifs is 3. The van der Waals surface area contributed by atoms with E-state index in [1.165, 1.54) is 18.2 Å². The van der Waals surface area contributed by atoms with E-state index in [9.17, 15) is 29.6 Å². The van der Waals surface area contributed by atoms with Crippen LogP contribution in [0.15, 0.2) is 72.8 Å². The molecule has 3 aromatic carbocycles. The van der Waals surface area contributed by atoms with Crippen molar-refractivity contribution in [2.24, 2.45) is 0 Å². The zero-order chi connectivity index (χ0) is 24.2. The lowest BCUT2D eigenvalue weighted by Crippen LogP contribution is -2.42. The number of carboxylic acids is 1. The summed E-state index contributed by atoms with van der Waals surface area (Å²) in [6, 6.07) is 19.0. The second-order valence-corrected chi connectivity index (χ2v) is 7.80. The Bertz CT molecular complexity index is 1240. The van der Waals surface area contributed by atoms with Crippen LogP contribution in [-0.2, 0) is 9.53 Å². The number of aliphatic carboxylic acids is 1. The van der Waals surface area contributed by atoms with Crippen molar-refractivity contribution in [3.05, 3.63) is 99.6 Å². The summed E-state index contributed by atoms with van der Waals surface area (Å²) in [5.41, 5.74) is 3.81. The molecule has 0 saturated carbocycles. The average molecular weight is 460 g/mol. The number of hydrogen-bond acceptors (Lipinski definition) is 6. The molecule has 0 aromatic heterocycles. The van der Waals surface area contributed by atoms with Crippen LogP contribution >= 0.6 is 0 Å². The Kier molecular flexibility index (Phi) is 6.35. The van der Waals surface area contributed by atoms with Gasteiger partial charge in [-0.25, -0.2) is 9.59 Å².